The smallest absolute Gasteiger partial charge is 0.255 e. The van der Waals surface area contributed by atoms with Crippen LogP contribution in [0.4, 0.5) is 15.8 Å². The number of ether oxygens (including phenoxy) is 1. The van der Waals surface area contributed by atoms with E-state index < -0.39 is 0 Å². The minimum Gasteiger partial charge on any atom is -0.497 e. The third-order valence-corrected chi connectivity index (χ3v) is 4.97. The molecule has 3 aromatic rings. The van der Waals surface area contributed by atoms with Crippen LogP contribution in [-0.2, 0) is 4.79 Å². The third kappa shape index (κ3) is 6.08. The first-order valence-corrected chi connectivity index (χ1v) is 9.76. The van der Waals surface area contributed by atoms with Gasteiger partial charge in [0.25, 0.3) is 5.91 Å². The largest absolute Gasteiger partial charge is 0.497 e. The number of rotatable bonds is 7. The van der Waals surface area contributed by atoms with Gasteiger partial charge < -0.3 is 15.4 Å². The van der Waals surface area contributed by atoms with E-state index in [1.807, 2.05) is 12.1 Å². The van der Waals surface area contributed by atoms with Crippen molar-refractivity contribution in [3.8, 4) is 5.75 Å². The molecule has 0 heterocycles. The van der Waals surface area contributed by atoms with Crippen LogP contribution in [0.25, 0.3) is 0 Å². The van der Waals surface area contributed by atoms with Crippen molar-refractivity contribution in [3.63, 3.8) is 0 Å². The molecule has 0 aliphatic heterocycles. The zero-order valence-corrected chi connectivity index (χ0v) is 16.5. The maximum Gasteiger partial charge on any atom is 0.255 e. The fourth-order valence-corrected chi connectivity index (χ4v) is 3.16. The molecule has 0 spiro atoms. The van der Waals surface area contributed by atoms with Crippen LogP contribution >= 0.6 is 11.8 Å². The number of halogens is 1. The van der Waals surface area contributed by atoms with Crippen LogP contribution in [0.2, 0.25) is 0 Å². The van der Waals surface area contributed by atoms with E-state index in [0.717, 1.165) is 4.90 Å². The standard InChI is InChI=1S/C22H19FN2O3S/c1-28-19-10-2-15(3-11-19)22(27)25-18-8-12-20(13-9-18)29-14-21(26)24-17-6-4-16(23)5-7-17/h2-13H,14H2,1H3,(H,24,26)(H,25,27). The number of nitrogens with one attached hydrogen (secondary N) is 2. The minimum absolute atomic E-state index is 0.182. The predicted molar refractivity (Wildman–Crippen MR) is 113 cm³/mol. The maximum atomic E-state index is 12.9. The summed E-state index contributed by atoms with van der Waals surface area (Å²) in [6, 6.07) is 19.7. The number of carbonyl (C=O) groups is 2. The number of amides is 2. The molecule has 29 heavy (non-hydrogen) atoms. The van der Waals surface area contributed by atoms with Gasteiger partial charge >= 0.3 is 0 Å². The van der Waals surface area contributed by atoms with Crippen molar-refractivity contribution in [2.45, 2.75) is 4.90 Å². The van der Waals surface area contributed by atoms with Gasteiger partial charge in [-0.15, -0.1) is 11.8 Å². The molecular formula is C22H19FN2O3S. The first-order valence-electron chi connectivity index (χ1n) is 8.77. The van der Waals surface area contributed by atoms with Crippen molar-refractivity contribution in [3.05, 3.63) is 84.2 Å². The lowest BCUT2D eigenvalue weighted by Crippen LogP contribution is -2.14. The molecule has 0 saturated carbocycles. The second kappa shape index (κ2) is 9.75. The highest BCUT2D eigenvalue weighted by molar-refractivity contribution is 8.00. The fraction of sp³-hybridized carbons (Fsp3) is 0.0909. The Morgan fingerprint density at radius 2 is 1.45 bits per heavy atom. The van der Waals surface area contributed by atoms with E-state index in [4.69, 9.17) is 4.74 Å². The first kappa shape index (κ1) is 20.4. The molecule has 0 atom stereocenters. The van der Waals surface area contributed by atoms with Gasteiger partial charge in [-0.2, -0.15) is 0 Å². The van der Waals surface area contributed by atoms with Crippen molar-refractivity contribution in [1.29, 1.82) is 0 Å². The summed E-state index contributed by atoms with van der Waals surface area (Å²) < 4.78 is 18.0. The monoisotopic (exact) mass is 410 g/mol. The Bertz CT molecular complexity index is 974. The lowest BCUT2D eigenvalue weighted by Gasteiger charge is -2.08. The quantitative estimate of drug-likeness (QED) is 0.548. The summed E-state index contributed by atoms with van der Waals surface area (Å²) in [5.41, 5.74) is 1.74. The van der Waals surface area contributed by atoms with E-state index >= 15 is 0 Å². The highest BCUT2D eigenvalue weighted by Gasteiger charge is 2.07. The maximum absolute atomic E-state index is 12.9. The molecule has 0 aliphatic rings. The van der Waals surface area contributed by atoms with Crippen molar-refractivity contribution < 1.29 is 18.7 Å². The van der Waals surface area contributed by atoms with Crippen molar-refractivity contribution in [2.24, 2.45) is 0 Å². The number of hydrogen-bond acceptors (Lipinski definition) is 4. The van der Waals surface area contributed by atoms with E-state index in [2.05, 4.69) is 10.6 Å². The molecule has 3 aromatic carbocycles. The summed E-state index contributed by atoms with van der Waals surface area (Å²) in [4.78, 5) is 25.2. The fourth-order valence-electron chi connectivity index (χ4n) is 2.46. The predicted octanol–water partition coefficient (Wildman–Crippen LogP) is 4.82. The van der Waals surface area contributed by atoms with Gasteiger partial charge in [0, 0.05) is 21.8 Å². The number of benzene rings is 3. The molecule has 0 radical (unpaired) electrons. The number of methoxy groups -OCH3 is 1. The van der Waals surface area contributed by atoms with Gasteiger partial charge in [-0.25, -0.2) is 4.39 Å². The summed E-state index contributed by atoms with van der Waals surface area (Å²) in [6.07, 6.45) is 0. The molecule has 0 aromatic heterocycles. The SMILES string of the molecule is COc1ccc(C(=O)Nc2ccc(SCC(=O)Nc3ccc(F)cc3)cc2)cc1. The molecule has 0 aliphatic carbocycles. The van der Waals surface area contributed by atoms with E-state index in [9.17, 15) is 14.0 Å². The Morgan fingerprint density at radius 3 is 2.07 bits per heavy atom. The normalized spacial score (nSPS) is 10.3. The molecular weight excluding hydrogens is 391 g/mol. The van der Waals surface area contributed by atoms with Crippen LogP contribution in [-0.4, -0.2) is 24.7 Å². The lowest BCUT2D eigenvalue weighted by molar-refractivity contribution is -0.113. The topological polar surface area (TPSA) is 67.4 Å². The molecule has 2 amide bonds. The number of carbonyl (C=O) groups excluding carboxylic acids is 2. The third-order valence-electron chi connectivity index (χ3n) is 3.96. The Labute approximate surface area is 172 Å². The number of hydrogen-bond donors (Lipinski definition) is 2. The van der Waals surface area contributed by atoms with Crippen molar-refractivity contribution >= 4 is 35.0 Å². The van der Waals surface area contributed by atoms with Crippen LogP contribution < -0.4 is 15.4 Å². The average Bonchev–Trinajstić information content (AvgIpc) is 2.75. The summed E-state index contributed by atoms with van der Waals surface area (Å²) in [5, 5.41) is 5.54. The molecule has 7 heteroatoms. The Kier molecular flexibility index (Phi) is 6.86. The second-order valence-electron chi connectivity index (χ2n) is 6.05. The first-order chi connectivity index (χ1) is 14.0. The molecule has 0 fully saturated rings. The van der Waals surface area contributed by atoms with Crippen LogP contribution in [0.3, 0.4) is 0 Å². The Morgan fingerprint density at radius 1 is 0.862 bits per heavy atom. The second-order valence-corrected chi connectivity index (χ2v) is 7.10. The summed E-state index contributed by atoms with van der Waals surface area (Å²) in [5.74, 6) is 0.155. The molecule has 0 bridgehead atoms. The number of thioether (sulfide) groups is 1. The highest BCUT2D eigenvalue weighted by Crippen LogP contribution is 2.21. The molecule has 148 valence electrons. The van der Waals surface area contributed by atoms with Gasteiger partial charge in [0.15, 0.2) is 0 Å². The van der Waals surface area contributed by atoms with Gasteiger partial charge in [-0.05, 0) is 72.8 Å². The Hall–Kier alpha value is -3.32. The average molecular weight is 410 g/mol. The molecule has 5 nitrogen and oxygen atoms in total. The van der Waals surface area contributed by atoms with E-state index in [1.165, 1.54) is 36.0 Å². The molecule has 0 unspecified atom stereocenters. The lowest BCUT2D eigenvalue weighted by atomic mass is 10.2. The highest BCUT2D eigenvalue weighted by atomic mass is 32.2. The van der Waals surface area contributed by atoms with E-state index in [-0.39, 0.29) is 23.4 Å². The van der Waals surface area contributed by atoms with Crippen LogP contribution in [0.1, 0.15) is 10.4 Å². The summed E-state index contributed by atoms with van der Waals surface area (Å²) in [6.45, 7) is 0. The zero-order valence-electron chi connectivity index (χ0n) is 15.6. The van der Waals surface area contributed by atoms with Crippen molar-refractivity contribution in [1.82, 2.24) is 0 Å². The molecule has 2 N–H and O–H groups in total. The van der Waals surface area contributed by atoms with Crippen LogP contribution in [0.15, 0.2) is 77.7 Å². The Balaban J connectivity index is 1.49. The summed E-state index contributed by atoms with van der Waals surface area (Å²) in [7, 11) is 1.57. The van der Waals surface area contributed by atoms with Gasteiger partial charge in [-0.3, -0.25) is 9.59 Å². The van der Waals surface area contributed by atoms with Crippen molar-refractivity contribution in [2.75, 3.05) is 23.5 Å². The van der Waals surface area contributed by atoms with Gasteiger partial charge in [0.05, 0.1) is 12.9 Å². The van der Waals surface area contributed by atoms with Gasteiger partial charge in [0.2, 0.25) is 5.91 Å². The zero-order chi connectivity index (χ0) is 20.6. The molecule has 3 rings (SSSR count). The number of anilines is 2. The van der Waals surface area contributed by atoms with E-state index in [0.29, 0.717) is 22.7 Å². The van der Waals surface area contributed by atoms with Crippen LogP contribution in [0.5, 0.6) is 5.75 Å². The van der Waals surface area contributed by atoms with Crippen LogP contribution in [0, 0.1) is 5.82 Å². The van der Waals surface area contributed by atoms with E-state index in [1.54, 1.807) is 43.5 Å². The minimum atomic E-state index is -0.350. The van der Waals surface area contributed by atoms with Gasteiger partial charge in [-0.1, -0.05) is 0 Å². The molecule has 0 saturated heterocycles. The van der Waals surface area contributed by atoms with Gasteiger partial charge in [0.1, 0.15) is 11.6 Å². The summed E-state index contributed by atoms with van der Waals surface area (Å²) >= 11 is 1.37.